The highest BCUT2D eigenvalue weighted by molar-refractivity contribution is 7.80. The van der Waals surface area contributed by atoms with Gasteiger partial charge in [0.05, 0.1) is 0 Å². The topological polar surface area (TPSA) is 33.3 Å². The second kappa shape index (κ2) is 8.76. The predicted molar refractivity (Wildman–Crippen MR) is 71.7 cm³/mol. The molecule has 16 heavy (non-hydrogen) atoms. The molecule has 1 aliphatic carbocycles. The average Bonchev–Trinajstić information content (AvgIpc) is 2.79. The van der Waals surface area contributed by atoms with Crippen LogP contribution in [-0.2, 0) is 4.74 Å². The van der Waals surface area contributed by atoms with Crippen LogP contribution in [-0.4, -0.2) is 31.4 Å². The Morgan fingerprint density at radius 3 is 2.75 bits per heavy atom. The van der Waals surface area contributed by atoms with Crippen molar-refractivity contribution in [2.24, 2.45) is 5.92 Å². The van der Waals surface area contributed by atoms with Gasteiger partial charge in [-0.15, -0.1) is 0 Å². The molecule has 0 atom stereocenters. The number of nitrogens with one attached hydrogen (secondary N) is 2. The zero-order valence-electron chi connectivity index (χ0n) is 10.3. The smallest absolute Gasteiger partial charge is 0.166 e. The summed E-state index contributed by atoms with van der Waals surface area (Å²) in [6.07, 6.45) is 6.51. The van der Waals surface area contributed by atoms with Crippen molar-refractivity contribution in [3.63, 3.8) is 0 Å². The lowest BCUT2D eigenvalue weighted by Crippen LogP contribution is -2.38. The molecular formula is C12H24N2OS. The fourth-order valence-corrected chi connectivity index (χ4v) is 2.22. The monoisotopic (exact) mass is 244 g/mol. The molecule has 1 fully saturated rings. The number of ether oxygens (including phenoxy) is 1. The first kappa shape index (κ1) is 13.7. The fourth-order valence-electron chi connectivity index (χ4n) is 2.03. The molecule has 0 heterocycles. The summed E-state index contributed by atoms with van der Waals surface area (Å²) in [6, 6.07) is 0. The number of hydrogen-bond acceptors (Lipinski definition) is 2. The van der Waals surface area contributed by atoms with Crippen LogP contribution in [0.4, 0.5) is 0 Å². The highest BCUT2D eigenvalue weighted by Crippen LogP contribution is 2.23. The van der Waals surface area contributed by atoms with Crippen molar-refractivity contribution in [1.82, 2.24) is 10.6 Å². The van der Waals surface area contributed by atoms with Crippen molar-refractivity contribution in [3.8, 4) is 0 Å². The molecule has 0 aromatic carbocycles. The molecule has 0 spiro atoms. The third-order valence-electron chi connectivity index (χ3n) is 2.98. The van der Waals surface area contributed by atoms with Gasteiger partial charge in [-0.3, -0.25) is 0 Å². The van der Waals surface area contributed by atoms with Gasteiger partial charge in [-0.2, -0.15) is 0 Å². The summed E-state index contributed by atoms with van der Waals surface area (Å²) in [5, 5.41) is 7.30. The zero-order chi connectivity index (χ0) is 11.6. The second-order valence-electron chi connectivity index (χ2n) is 4.34. The van der Waals surface area contributed by atoms with Gasteiger partial charge in [-0.05, 0) is 44.3 Å². The number of rotatable bonds is 7. The van der Waals surface area contributed by atoms with Gasteiger partial charge in [0.25, 0.3) is 0 Å². The fraction of sp³-hybridized carbons (Fsp3) is 0.917. The highest BCUT2D eigenvalue weighted by Gasteiger charge is 2.14. The van der Waals surface area contributed by atoms with Crippen molar-refractivity contribution in [1.29, 1.82) is 0 Å². The Balaban J connectivity index is 1.90. The summed E-state index contributed by atoms with van der Waals surface area (Å²) in [7, 11) is 0. The Kier molecular flexibility index (Phi) is 7.51. The molecule has 0 saturated heterocycles. The quantitative estimate of drug-likeness (QED) is 0.530. The minimum Gasteiger partial charge on any atom is -0.382 e. The average molecular weight is 244 g/mol. The first-order valence-electron chi connectivity index (χ1n) is 6.42. The van der Waals surface area contributed by atoms with E-state index in [9.17, 15) is 0 Å². The van der Waals surface area contributed by atoms with Crippen LogP contribution in [0, 0.1) is 5.92 Å². The van der Waals surface area contributed by atoms with Crippen LogP contribution < -0.4 is 10.6 Å². The lowest BCUT2D eigenvalue weighted by molar-refractivity contribution is 0.145. The van der Waals surface area contributed by atoms with Gasteiger partial charge < -0.3 is 15.4 Å². The van der Waals surface area contributed by atoms with E-state index < -0.39 is 0 Å². The van der Waals surface area contributed by atoms with Crippen molar-refractivity contribution < 1.29 is 4.74 Å². The summed E-state index contributed by atoms with van der Waals surface area (Å²) in [4.78, 5) is 0. The van der Waals surface area contributed by atoms with Gasteiger partial charge >= 0.3 is 0 Å². The van der Waals surface area contributed by atoms with Crippen LogP contribution in [0.1, 0.15) is 39.0 Å². The van der Waals surface area contributed by atoms with E-state index in [-0.39, 0.29) is 0 Å². The molecule has 0 unspecified atom stereocenters. The molecule has 1 aliphatic rings. The van der Waals surface area contributed by atoms with Crippen LogP contribution in [0.5, 0.6) is 0 Å². The van der Waals surface area contributed by atoms with E-state index in [1.165, 1.54) is 25.7 Å². The highest BCUT2D eigenvalue weighted by atomic mass is 32.1. The van der Waals surface area contributed by atoms with E-state index in [0.717, 1.165) is 43.8 Å². The molecule has 4 heteroatoms. The summed E-state index contributed by atoms with van der Waals surface area (Å²) < 4.78 is 5.25. The lowest BCUT2D eigenvalue weighted by Gasteiger charge is -2.13. The van der Waals surface area contributed by atoms with E-state index >= 15 is 0 Å². The van der Waals surface area contributed by atoms with Crippen LogP contribution in [0.3, 0.4) is 0 Å². The summed E-state index contributed by atoms with van der Waals surface area (Å²) >= 11 is 5.20. The van der Waals surface area contributed by atoms with E-state index in [1.54, 1.807) is 0 Å². The largest absolute Gasteiger partial charge is 0.382 e. The summed E-state index contributed by atoms with van der Waals surface area (Å²) in [5.74, 6) is 0.836. The minimum atomic E-state index is 0.795. The lowest BCUT2D eigenvalue weighted by atomic mass is 10.1. The Bertz CT molecular complexity index is 193. The zero-order valence-corrected chi connectivity index (χ0v) is 11.1. The maximum absolute atomic E-state index is 5.25. The molecule has 1 rings (SSSR count). The Hall–Kier alpha value is -0.350. The molecule has 0 aromatic heterocycles. The molecule has 94 valence electrons. The van der Waals surface area contributed by atoms with Gasteiger partial charge in [0.15, 0.2) is 5.11 Å². The molecule has 2 N–H and O–H groups in total. The SMILES string of the molecule is CCOCCCNC(=S)NCC1CCCC1. The molecule has 0 aromatic rings. The first-order chi connectivity index (χ1) is 7.83. The maximum Gasteiger partial charge on any atom is 0.166 e. The van der Waals surface area contributed by atoms with E-state index in [1.807, 2.05) is 6.92 Å². The van der Waals surface area contributed by atoms with E-state index in [0.29, 0.717) is 0 Å². The molecule has 0 radical (unpaired) electrons. The van der Waals surface area contributed by atoms with Crippen LogP contribution in [0.2, 0.25) is 0 Å². The Labute approximate surface area is 104 Å². The second-order valence-corrected chi connectivity index (χ2v) is 4.75. The maximum atomic E-state index is 5.25. The Morgan fingerprint density at radius 1 is 1.31 bits per heavy atom. The van der Waals surface area contributed by atoms with Crippen molar-refractivity contribution in [2.45, 2.75) is 39.0 Å². The van der Waals surface area contributed by atoms with Crippen LogP contribution >= 0.6 is 12.2 Å². The van der Waals surface area contributed by atoms with Crippen LogP contribution in [0.25, 0.3) is 0 Å². The molecule has 0 amide bonds. The molecule has 1 saturated carbocycles. The molecular weight excluding hydrogens is 220 g/mol. The molecule has 0 bridgehead atoms. The summed E-state index contributed by atoms with van der Waals surface area (Å²) in [5.41, 5.74) is 0. The van der Waals surface area contributed by atoms with Gasteiger partial charge in [0.1, 0.15) is 0 Å². The Morgan fingerprint density at radius 2 is 2.06 bits per heavy atom. The van der Waals surface area contributed by atoms with E-state index in [2.05, 4.69) is 10.6 Å². The van der Waals surface area contributed by atoms with Gasteiger partial charge in [-0.1, -0.05) is 12.8 Å². The summed E-state index contributed by atoms with van der Waals surface area (Å²) in [6.45, 7) is 5.56. The molecule has 0 aliphatic heterocycles. The third kappa shape index (κ3) is 6.28. The third-order valence-corrected chi connectivity index (χ3v) is 3.27. The standard InChI is InChI=1S/C12H24N2OS/c1-2-15-9-5-8-13-12(16)14-10-11-6-3-4-7-11/h11H,2-10H2,1H3,(H2,13,14,16). The number of hydrogen-bond donors (Lipinski definition) is 2. The predicted octanol–water partition coefficient (Wildman–Crippen LogP) is 2.07. The normalized spacial score (nSPS) is 16.3. The number of thiocarbonyl (C=S) groups is 1. The van der Waals surface area contributed by atoms with Crippen molar-refractivity contribution >= 4 is 17.3 Å². The van der Waals surface area contributed by atoms with Crippen LogP contribution in [0.15, 0.2) is 0 Å². The van der Waals surface area contributed by atoms with E-state index in [4.69, 9.17) is 17.0 Å². The van der Waals surface area contributed by atoms with Crippen molar-refractivity contribution in [3.05, 3.63) is 0 Å². The van der Waals surface area contributed by atoms with Gasteiger partial charge in [0, 0.05) is 26.3 Å². The van der Waals surface area contributed by atoms with Gasteiger partial charge in [-0.25, -0.2) is 0 Å². The van der Waals surface area contributed by atoms with Gasteiger partial charge in [0.2, 0.25) is 0 Å². The first-order valence-corrected chi connectivity index (χ1v) is 6.83. The molecule has 3 nitrogen and oxygen atoms in total. The minimum absolute atomic E-state index is 0.795. The van der Waals surface area contributed by atoms with Crippen molar-refractivity contribution in [2.75, 3.05) is 26.3 Å².